The molecule has 0 bridgehead atoms. The molecule has 0 aliphatic rings. The topological polar surface area (TPSA) is 75.9 Å². The van der Waals surface area contributed by atoms with Gasteiger partial charge in [-0.05, 0) is 25.7 Å². The summed E-state index contributed by atoms with van der Waals surface area (Å²) in [5, 5.41) is 3.59. The number of aromatic nitrogens is 2. The summed E-state index contributed by atoms with van der Waals surface area (Å²) >= 11 is 0. The fraction of sp³-hybridized carbons (Fsp3) is 0.692. The molecule has 1 rings (SSSR count). The van der Waals surface area contributed by atoms with Gasteiger partial charge in [0.15, 0.2) is 0 Å². The molecule has 5 heteroatoms. The molecule has 4 N–H and O–H groups in total. The highest BCUT2D eigenvalue weighted by atomic mass is 15.3. The first-order valence-electron chi connectivity index (χ1n) is 6.74. The molecule has 0 radical (unpaired) electrons. The van der Waals surface area contributed by atoms with E-state index in [0.29, 0.717) is 5.82 Å². The van der Waals surface area contributed by atoms with E-state index in [1.165, 1.54) is 0 Å². The van der Waals surface area contributed by atoms with Gasteiger partial charge in [0.05, 0.1) is 0 Å². The fourth-order valence-electron chi connectivity index (χ4n) is 2.25. The van der Waals surface area contributed by atoms with Gasteiger partial charge < -0.3 is 10.7 Å². The number of nitrogens with two attached hydrogens (primary N) is 1. The van der Waals surface area contributed by atoms with E-state index >= 15 is 0 Å². The highest BCUT2D eigenvalue weighted by Gasteiger charge is 2.25. The second-order valence-corrected chi connectivity index (χ2v) is 4.51. The molecular formula is C13H25N5. The maximum absolute atomic E-state index is 5.49. The van der Waals surface area contributed by atoms with Crippen LogP contribution in [0.4, 0.5) is 11.6 Å². The van der Waals surface area contributed by atoms with Crippen molar-refractivity contribution in [3.63, 3.8) is 0 Å². The van der Waals surface area contributed by atoms with Gasteiger partial charge in [-0.3, -0.25) is 0 Å². The van der Waals surface area contributed by atoms with Crippen LogP contribution in [0.5, 0.6) is 0 Å². The van der Waals surface area contributed by atoms with Crippen LogP contribution in [-0.4, -0.2) is 15.5 Å². The van der Waals surface area contributed by atoms with Crippen molar-refractivity contribution in [2.24, 2.45) is 5.84 Å². The zero-order valence-corrected chi connectivity index (χ0v) is 11.9. The van der Waals surface area contributed by atoms with Crippen molar-refractivity contribution < 1.29 is 0 Å². The summed E-state index contributed by atoms with van der Waals surface area (Å²) in [6.07, 6.45) is 5.59. The van der Waals surface area contributed by atoms with E-state index in [0.717, 1.165) is 37.1 Å². The number of anilines is 2. The number of nitrogens with zero attached hydrogens (tertiary/aromatic N) is 2. The Kier molecular flexibility index (Phi) is 5.34. The van der Waals surface area contributed by atoms with E-state index in [1.807, 2.05) is 0 Å². The Bertz CT molecular complexity index is 365. The maximum Gasteiger partial charge on any atom is 0.148 e. The zero-order chi connectivity index (χ0) is 13.6. The maximum atomic E-state index is 5.49. The van der Waals surface area contributed by atoms with Crippen LogP contribution >= 0.6 is 0 Å². The Morgan fingerprint density at radius 1 is 1.06 bits per heavy atom. The molecule has 0 aromatic carbocycles. The normalized spacial score (nSPS) is 11.4. The molecule has 18 heavy (non-hydrogen) atoms. The third-order valence-corrected chi connectivity index (χ3v) is 3.85. The third-order valence-electron chi connectivity index (χ3n) is 3.85. The Morgan fingerprint density at radius 2 is 1.61 bits per heavy atom. The van der Waals surface area contributed by atoms with Crippen molar-refractivity contribution in [1.29, 1.82) is 0 Å². The Balaban J connectivity index is 3.09. The smallest absolute Gasteiger partial charge is 0.148 e. The molecule has 0 saturated carbocycles. The molecule has 1 aromatic rings. The SMILES string of the molecule is CCc1c(NN)ncnc1NC(CC)(CC)CC. The van der Waals surface area contributed by atoms with Crippen molar-refractivity contribution >= 4 is 11.6 Å². The molecule has 0 aliphatic heterocycles. The Hall–Kier alpha value is -1.36. The number of hydrazine groups is 1. The van der Waals surface area contributed by atoms with E-state index < -0.39 is 0 Å². The first-order chi connectivity index (χ1) is 8.66. The lowest BCUT2D eigenvalue weighted by Crippen LogP contribution is -2.37. The van der Waals surface area contributed by atoms with Gasteiger partial charge in [-0.1, -0.05) is 27.7 Å². The van der Waals surface area contributed by atoms with Gasteiger partial charge in [0.1, 0.15) is 18.0 Å². The van der Waals surface area contributed by atoms with Gasteiger partial charge in [0, 0.05) is 11.1 Å². The van der Waals surface area contributed by atoms with Crippen LogP contribution in [0.15, 0.2) is 6.33 Å². The summed E-state index contributed by atoms with van der Waals surface area (Å²) in [6, 6.07) is 0. The van der Waals surface area contributed by atoms with Crippen LogP contribution in [0.25, 0.3) is 0 Å². The summed E-state index contributed by atoms with van der Waals surface area (Å²) in [5.74, 6) is 7.08. The predicted molar refractivity (Wildman–Crippen MR) is 76.4 cm³/mol. The lowest BCUT2D eigenvalue weighted by atomic mass is 9.89. The van der Waals surface area contributed by atoms with Crippen LogP contribution in [-0.2, 0) is 6.42 Å². The van der Waals surface area contributed by atoms with Crippen LogP contribution in [0.3, 0.4) is 0 Å². The van der Waals surface area contributed by atoms with Crippen LogP contribution in [0.1, 0.15) is 52.5 Å². The number of nitrogens with one attached hydrogen (secondary N) is 2. The van der Waals surface area contributed by atoms with Gasteiger partial charge in [-0.25, -0.2) is 15.8 Å². The molecule has 0 spiro atoms. The van der Waals surface area contributed by atoms with E-state index in [1.54, 1.807) is 6.33 Å². The lowest BCUT2D eigenvalue weighted by molar-refractivity contribution is 0.418. The van der Waals surface area contributed by atoms with Gasteiger partial charge in [0.2, 0.25) is 0 Å². The van der Waals surface area contributed by atoms with Crippen molar-refractivity contribution in [1.82, 2.24) is 9.97 Å². The minimum Gasteiger partial charge on any atom is -0.364 e. The van der Waals surface area contributed by atoms with E-state index in [-0.39, 0.29) is 5.54 Å². The number of rotatable bonds is 7. The van der Waals surface area contributed by atoms with E-state index in [2.05, 4.69) is 48.4 Å². The summed E-state index contributed by atoms with van der Waals surface area (Å²) in [6.45, 7) is 8.69. The molecule has 1 heterocycles. The van der Waals surface area contributed by atoms with Gasteiger partial charge in [-0.2, -0.15) is 0 Å². The molecule has 0 saturated heterocycles. The number of hydrogen-bond donors (Lipinski definition) is 3. The van der Waals surface area contributed by atoms with Crippen LogP contribution in [0, 0.1) is 0 Å². The van der Waals surface area contributed by atoms with Gasteiger partial charge in [-0.15, -0.1) is 0 Å². The van der Waals surface area contributed by atoms with Gasteiger partial charge in [0.25, 0.3) is 0 Å². The molecule has 102 valence electrons. The summed E-state index contributed by atoms with van der Waals surface area (Å²) < 4.78 is 0. The number of hydrogen-bond acceptors (Lipinski definition) is 5. The molecule has 1 aromatic heterocycles. The molecule has 0 amide bonds. The second-order valence-electron chi connectivity index (χ2n) is 4.51. The zero-order valence-electron chi connectivity index (χ0n) is 11.9. The average Bonchev–Trinajstić information content (AvgIpc) is 2.44. The van der Waals surface area contributed by atoms with Crippen molar-refractivity contribution in [3.05, 3.63) is 11.9 Å². The summed E-state index contributed by atoms with van der Waals surface area (Å²) in [5.41, 5.74) is 3.78. The highest BCUT2D eigenvalue weighted by Crippen LogP contribution is 2.28. The monoisotopic (exact) mass is 251 g/mol. The van der Waals surface area contributed by atoms with Crippen molar-refractivity contribution in [2.45, 2.75) is 58.9 Å². The quantitative estimate of drug-likeness (QED) is 0.513. The largest absolute Gasteiger partial charge is 0.364 e. The van der Waals surface area contributed by atoms with Crippen LogP contribution in [0.2, 0.25) is 0 Å². The highest BCUT2D eigenvalue weighted by molar-refractivity contribution is 5.57. The Labute approximate surface area is 110 Å². The fourth-order valence-corrected chi connectivity index (χ4v) is 2.25. The van der Waals surface area contributed by atoms with E-state index in [9.17, 15) is 0 Å². The molecular weight excluding hydrogens is 226 g/mol. The average molecular weight is 251 g/mol. The second kappa shape index (κ2) is 6.54. The molecule has 0 fully saturated rings. The van der Waals surface area contributed by atoms with Crippen molar-refractivity contribution in [2.75, 3.05) is 10.7 Å². The van der Waals surface area contributed by atoms with Gasteiger partial charge >= 0.3 is 0 Å². The minimum atomic E-state index is 0.101. The molecule has 0 atom stereocenters. The summed E-state index contributed by atoms with van der Waals surface area (Å²) in [4.78, 5) is 8.52. The van der Waals surface area contributed by atoms with E-state index in [4.69, 9.17) is 5.84 Å². The predicted octanol–water partition coefficient (Wildman–Crippen LogP) is 2.71. The first kappa shape index (κ1) is 14.7. The van der Waals surface area contributed by atoms with Crippen LogP contribution < -0.4 is 16.6 Å². The summed E-state index contributed by atoms with van der Waals surface area (Å²) in [7, 11) is 0. The lowest BCUT2D eigenvalue weighted by Gasteiger charge is -2.33. The van der Waals surface area contributed by atoms with Crippen molar-refractivity contribution in [3.8, 4) is 0 Å². The number of nitrogen functional groups attached to an aromatic ring is 1. The molecule has 5 nitrogen and oxygen atoms in total. The third kappa shape index (κ3) is 2.90. The standard InChI is InChI=1S/C13H25N5/c1-5-10-11(15-9-16-12(10)18-14)17-13(6-2,7-3)8-4/h9H,5-8,14H2,1-4H3,(H2,15,16,17,18). The molecule has 0 aliphatic carbocycles. The first-order valence-corrected chi connectivity index (χ1v) is 6.74. The Morgan fingerprint density at radius 3 is 2.06 bits per heavy atom. The minimum absolute atomic E-state index is 0.101. The molecule has 0 unspecified atom stereocenters.